The van der Waals surface area contributed by atoms with Gasteiger partial charge in [0.15, 0.2) is 0 Å². The summed E-state index contributed by atoms with van der Waals surface area (Å²) in [6.45, 7) is 4.99. The van der Waals surface area contributed by atoms with Crippen LogP contribution in [0.5, 0.6) is 5.75 Å². The standard InChI is InChI=1S/C15H22ClN3O3/c1-5-19(6-2)14(20)9-18(3)15(21)10-7-11(16)12(17)8-13(10)22-4/h7-8H,5-6,9,17H2,1-4H3. The number of nitrogens with two attached hydrogens (primary N) is 1. The maximum atomic E-state index is 12.5. The quantitative estimate of drug-likeness (QED) is 0.809. The molecular weight excluding hydrogens is 306 g/mol. The number of halogens is 1. The van der Waals surface area contributed by atoms with Gasteiger partial charge in [-0.25, -0.2) is 0 Å². The number of hydrogen-bond donors (Lipinski definition) is 1. The fourth-order valence-electron chi connectivity index (χ4n) is 2.06. The molecule has 6 nitrogen and oxygen atoms in total. The Morgan fingerprint density at radius 3 is 2.36 bits per heavy atom. The van der Waals surface area contributed by atoms with Crippen LogP contribution in [-0.4, -0.2) is 55.4 Å². The van der Waals surface area contributed by atoms with Gasteiger partial charge in [0.05, 0.1) is 29.9 Å². The van der Waals surface area contributed by atoms with E-state index in [1.54, 1.807) is 11.9 Å². The van der Waals surface area contributed by atoms with E-state index in [1.807, 2.05) is 13.8 Å². The summed E-state index contributed by atoms with van der Waals surface area (Å²) in [7, 11) is 3.01. The average Bonchev–Trinajstić information content (AvgIpc) is 2.49. The molecule has 0 bridgehead atoms. The molecule has 2 N–H and O–H groups in total. The number of likely N-dealkylation sites (N-methyl/N-ethyl adjacent to an activating group) is 2. The summed E-state index contributed by atoms with van der Waals surface area (Å²) >= 11 is 5.97. The van der Waals surface area contributed by atoms with Gasteiger partial charge in [-0.3, -0.25) is 9.59 Å². The number of carbonyl (C=O) groups is 2. The van der Waals surface area contributed by atoms with Crippen LogP contribution < -0.4 is 10.5 Å². The third-order valence-corrected chi connectivity index (χ3v) is 3.71. The van der Waals surface area contributed by atoms with Crippen LogP contribution in [-0.2, 0) is 4.79 Å². The zero-order chi connectivity index (χ0) is 16.9. The summed E-state index contributed by atoms with van der Waals surface area (Å²) in [4.78, 5) is 27.6. The monoisotopic (exact) mass is 327 g/mol. The molecule has 0 fully saturated rings. The van der Waals surface area contributed by atoms with Crippen molar-refractivity contribution in [3.05, 3.63) is 22.7 Å². The summed E-state index contributed by atoms with van der Waals surface area (Å²) in [5.41, 5.74) is 6.31. The molecule has 0 heterocycles. The van der Waals surface area contributed by atoms with Gasteiger partial charge in [-0.15, -0.1) is 0 Å². The lowest BCUT2D eigenvalue weighted by atomic mass is 10.1. The highest BCUT2D eigenvalue weighted by atomic mass is 35.5. The van der Waals surface area contributed by atoms with Gasteiger partial charge in [0.2, 0.25) is 5.91 Å². The molecule has 0 aliphatic rings. The number of benzene rings is 1. The van der Waals surface area contributed by atoms with Crippen LogP contribution in [0.2, 0.25) is 5.02 Å². The molecule has 0 aliphatic heterocycles. The minimum atomic E-state index is -0.348. The first-order valence-electron chi connectivity index (χ1n) is 7.01. The first-order valence-corrected chi connectivity index (χ1v) is 7.39. The van der Waals surface area contributed by atoms with Crippen molar-refractivity contribution in [2.45, 2.75) is 13.8 Å². The van der Waals surface area contributed by atoms with Crippen LogP contribution in [0.3, 0.4) is 0 Å². The molecule has 1 aromatic carbocycles. The summed E-state index contributed by atoms with van der Waals surface area (Å²) in [5, 5.41) is 0.271. The van der Waals surface area contributed by atoms with E-state index in [1.165, 1.54) is 24.1 Å². The summed E-state index contributed by atoms with van der Waals surface area (Å²) in [6, 6.07) is 2.95. The van der Waals surface area contributed by atoms with Crippen LogP contribution in [0, 0.1) is 0 Å². The molecule has 2 amide bonds. The predicted octanol–water partition coefficient (Wildman–Crippen LogP) is 1.87. The highest BCUT2D eigenvalue weighted by molar-refractivity contribution is 6.33. The third-order valence-electron chi connectivity index (χ3n) is 3.38. The molecule has 0 saturated carbocycles. The Hall–Kier alpha value is -1.95. The molecule has 7 heteroatoms. The van der Waals surface area contributed by atoms with Gasteiger partial charge in [-0.05, 0) is 19.9 Å². The van der Waals surface area contributed by atoms with Gasteiger partial charge >= 0.3 is 0 Å². The lowest BCUT2D eigenvalue weighted by molar-refractivity contribution is -0.131. The van der Waals surface area contributed by atoms with E-state index in [0.717, 1.165) is 0 Å². The van der Waals surface area contributed by atoms with Crippen molar-refractivity contribution in [3.63, 3.8) is 0 Å². The number of nitrogens with zero attached hydrogens (tertiary/aromatic N) is 2. The number of nitrogen functional groups attached to an aromatic ring is 1. The van der Waals surface area contributed by atoms with Crippen molar-refractivity contribution in [1.82, 2.24) is 9.80 Å². The van der Waals surface area contributed by atoms with Crippen LogP contribution in [0.25, 0.3) is 0 Å². The molecule has 0 saturated heterocycles. The molecule has 0 atom stereocenters. The van der Waals surface area contributed by atoms with Gasteiger partial charge in [-0.2, -0.15) is 0 Å². The number of anilines is 1. The van der Waals surface area contributed by atoms with E-state index in [9.17, 15) is 9.59 Å². The Balaban J connectivity index is 2.96. The number of methoxy groups -OCH3 is 1. The van der Waals surface area contributed by atoms with Gasteiger partial charge in [-0.1, -0.05) is 11.6 Å². The van der Waals surface area contributed by atoms with Crippen LogP contribution in [0.15, 0.2) is 12.1 Å². The highest BCUT2D eigenvalue weighted by Crippen LogP contribution is 2.29. The average molecular weight is 328 g/mol. The van der Waals surface area contributed by atoms with E-state index in [2.05, 4.69) is 0 Å². The minimum Gasteiger partial charge on any atom is -0.496 e. The first kappa shape index (κ1) is 18.1. The molecule has 0 aromatic heterocycles. The van der Waals surface area contributed by atoms with Gasteiger partial charge in [0, 0.05) is 26.2 Å². The number of rotatable bonds is 6. The van der Waals surface area contributed by atoms with Gasteiger partial charge in [0.25, 0.3) is 5.91 Å². The molecule has 0 aliphatic carbocycles. The van der Waals surface area contributed by atoms with Gasteiger partial charge in [0.1, 0.15) is 5.75 Å². The second-order valence-corrected chi connectivity index (χ2v) is 5.21. The lowest BCUT2D eigenvalue weighted by Crippen LogP contribution is -2.41. The molecule has 1 aromatic rings. The summed E-state index contributed by atoms with van der Waals surface area (Å²) < 4.78 is 5.17. The fraction of sp³-hybridized carbons (Fsp3) is 0.467. The Labute approximate surface area is 135 Å². The molecule has 1 rings (SSSR count). The molecular formula is C15H22ClN3O3. The van der Waals surface area contributed by atoms with Gasteiger partial charge < -0.3 is 20.3 Å². The number of carbonyl (C=O) groups excluding carboxylic acids is 2. The van der Waals surface area contributed by atoms with E-state index in [-0.39, 0.29) is 28.9 Å². The van der Waals surface area contributed by atoms with Crippen molar-refractivity contribution in [3.8, 4) is 5.75 Å². The smallest absolute Gasteiger partial charge is 0.257 e. The topological polar surface area (TPSA) is 75.9 Å². The normalized spacial score (nSPS) is 10.2. The Kier molecular flexibility index (Phi) is 6.49. The van der Waals surface area contributed by atoms with Crippen molar-refractivity contribution in [2.75, 3.05) is 39.5 Å². The Morgan fingerprint density at radius 1 is 1.27 bits per heavy atom. The highest BCUT2D eigenvalue weighted by Gasteiger charge is 2.21. The van der Waals surface area contributed by atoms with Crippen molar-refractivity contribution < 1.29 is 14.3 Å². The maximum absolute atomic E-state index is 12.5. The Morgan fingerprint density at radius 2 is 1.86 bits per heavy atom. The first-order chi connectivity index (χ1) is 10.3. The zero-order valence-corrected chi connectivity index (χ0v) is 14.1. The van der Waals surface area contributed by atoms with Crippen LogP contribution in [0.4, 0.5) is 5.69 Å². The van der Waals surface area contributed by atoms with E-state index in [4.69, 9.17) is 22.1 Å². The predicted molar refractivity (Wildman–Crippen MR) is 87.3 cm³/mol. The van der Waals surface area contributed by atoms with Crippen molar-refractivity contribution in [2.24, 2.45) is 0 Å². The summed E-state index contributed by atoms with van der Waals surface area (Å²) in [5.74, 6) is -0.130. The fourth-order valence-corrected chi connectivity index (χ4v) is 2.23. The second kappa shape index (κ2) is 7.89. The molecule has 22 heavy (non-hydrogen) atoms. The lowest BCUT2D eigenvalue weighted by Gasteiger charge is -2.23. The molecule has 122 valence electrons. The molecule has 0 unspecified atom stereocenters. The summed E-state index contributed by atoms with van der Waals surface area (Å²) in [6.07, 6.45) is 0. The number of ether oxygens (including phenoxy) is 1. The van der Waals surface area contributed by atoms with E-state index in [0.29, 0.717) is 24.5 Å². The van der Waals surface area contributed by atoms with Crippen LogP contribution in [0.1, 0.15) is 24.2 Å². The zero-order valence-electron chi connectivity index (χ0n) is 13.4. The number of hydrogen-bond acceptors (Lipinski definition) is 4. The number of amides is 2. The SMILES string of the molecule is CCN(CC)C(=O)CN(C)C(=O)c1cc(Cl)c(N)cc1OC. The molecule has 0 radical (unpaired) electrons. The maximum Gasteiger partial charge on any atom is 0.257 e. The van der Waals surface area contributed by atoms with E-state index >= 15 is 0 Å². The second-order valence-electron chi connectivity index (χ2n) is 4.80. The Bertz CT molecular complexity index is 559. The van der Waals surface area contributed by atoms with Crippen LogP contribution >= 0.6 is 11.6 Å². The minimum absolute atomic E-state index is 0.00827. The van der Waals surface area contributed by atoms with Crippen molar-refractivity contribution >= 4 is 29.1 Å². The molecule has 0 spiro atoms. The largest absolute Gasteiger partial charge is 0.496 e. The third kappa shape index (κ3) is 4.04. The van der Waals surface area contributed by atoms with E-state index < -0.39 is 0 Å². The van der Waals surface area contributed by atoms with Crippen molar-refractivity contribution in [1.29, 1.82) is 0 Å².